The number of benzene rings is 2. The SMILES string of the molecule is Cc1cc(N[C@H](C)c2ccc(S(C)(=O)=O)cc2)n2c(nc3ccccc32)c1C#N. The van der Waals surface area contributed by atoms with E-state index in [1.165, 1.54) is 6.26 Å². The van der Waals surface area contributed by atoms with Crippen LogP contribution in [0.25, 0.3) is 16.7 Å². The first-order valence-electron chi connectivity index (χ1n) is 9.17. The number of rotatable bonds is 4. The van der Waals surface area contributed by atoms with E-state index in [1.54, 1.807) is 12.1 Å². The quantitative estimate of drug-likeness (QED) is 0.550. The molecule has 0 saturated heterocycles. The lowest BCUT2D eigenvalue weighted by atomic mass is 10.1. The van der Waals surface area contributed by atoms with E-state index in [0.717, 1.165) is 28.0 Å². The van der Waals surface area contributed by atoms with E-state index < -0.39 is 9.84 Å². The molecule has 0 bridgehead atoms. The maximum Gasteiger partial charge on any atom is 0.175 e. The van der Waals surface area contributed by atoms with Gasteiger partial charge in [0.1, 0.15) is 11.9 Å². The molecule has 4 rings (SSSR count). The molecule has 4 aromatic rings. The molecule has 0 saturated carbocycles. The second-order valence-corrected chi connectivity index (χ2v) is 9.18. The maximum absolute atomic E-state index is 11.7. The Balaban J connectivity index is 1.81. The van der Waals surface area contributed by atoms with Crippen LogP contribution in [0.15, 0.2) is 59.5 Å². The average molecular weight is 404 g/mol. The Bertz CT molecular complexity index is 1380. The van der Waals surface area contributed by atoms with Crippen molar-refractivity contribution >= 4 is 32.3 Å². The largest absolute Gasteiger partial charge is 0.365 e. The molecule has 0 aliphatic rings. The predicted molar refractivity (Wildman–Crippen MR) is 114 cm³/mol. The Morgan fingerprint density at radius 3 is 2.48 bits per heavy atom. The summed E-state index contributed by atoms with van der Waals surface area (Å²) in [6.07, 6.45) is 1.20. The summed E-state index contributed by atoms with van der Waals surface area (Å²) in [7, 11) is -3.23. The number of nitrogens with one attached hydrogen (secondary N) is 1. The van der Waals surface area contributed by atoms with E-state index in [0.29, 0.717) is 16.1 Å². The monoisotopic (exact) mass is 404 g/mol. The molecule has 2 aromatic heterocycles. The zero-order valence-electron chi connectivity index (χ0n) is 16.3. The molecule has 2 aromatic carbocycles. The van der Waals surface area contributed by atoms with Crippen molar-refractivity contribution in [3.63, 3.8) is 0 Å². The number of para-hydroxylation sites is 2. The van der Waals surface area contributed by atoms with Crippen molar-refractivity contribution in [1.82, 2.24) is 9.38 Å². The number of fused-ring (bicyclic) bond motifs is 3. The minimum Gasteiger partial charge on any atom is -0.365 e. The molecule has 6 nitrogen and oxygen atoms in total. The number of nitriles is 1. The second-order valence-electron chi connectivity index (χ2n) is 7.17. The molecule has 0 spiro atoms. The maximum atomic E-state index is 11.7. The van der Waals surface area contributed by atoms with Gasteiger partial charge in [0, 0.05) is 12.3 Å². The van der Waals surface area contributed by atoms with Gasteiger partial charge in [-0.25, -0.2) is 13.4 Å². The van der Waals surface area contributed by atoms with E-state index >= 15 is 0 Å². The van der Waals surface area contributed by atoms with Crippen LogP contribution < -0.4 is 5.32 Å². The first-order chi connectivity index (χ1) is 13.8. The van der Waals surface area contributed by atoms with Crippen LogP contribution in [0.2, 0.25) is 0 Å². The zero-order valence-corrected chi connectivity index (χ0v) is 17.2. The van der Waals surface area contributed by atoms with Crippen molar-refractivity contribution in [3.05, 3.63) is 71.3 Å². The third-order valence-electron chi connectivity index (χ3n) is 5.06. The molecular formula is C22H20N4O2S. The van der Waals surface area contributed by atoms with Crippen molar-refractivity contribution in [1.29, 1.82) is 5.26 Å². The highest BCUT2D eigenvalue weighted by molar-refractivity contribution is 7.90. The Labute approximate surface area is 169 Å². The summed E-state index contributed by atoms with van der Waals surface area (Å²) >= 11 is 0. The van der Waals surface area contributed by atoms with Gasteiger partial charge in [0.25, 0.3) is 0 Å². The lowest BCUT2D eigenvalue weighted by molar-refractivity contribution is 0.602. The minimum atomic E-state index is -3.23. The number of imidazole rings is 1. The summed E-state index contributed by atoms with van der Waals surface area (Å²) in [5.74, 6) is 0.824. The normalized spacial score (nSPS) is 12.8. The summed E-state index contributed by atoms with van der Waals surface area (Å²) in [5, 5.41) is 13.1. The van der Waals surface area contributed by atoms with Gasteiger partial charge >= 0.3 is 0 Å². The predicted octanol–water partition coefficient (Wildman–Crippen LogP) is 4.24. The molecule has 0 fully saturated rings. The minimum absolute atomic E-state index is 0.0830. The lowest BCUT2D eigenvalue weighted by Crippen LogP contribution is -2.11. The third kappa shape index (κ3) is 3.32. The number of hydrogen-bond donors (Lipinski definition) is 1. The van der Waals surface area contributed by atoms with Gasteiger partial charge in [0.05, 0.1) is 21.5 Å². The van der Waals surface area contributed by atoms with Crippen LogP contribution in [0.3, 0.4) is 0 Å². The standard InChI is InChI=1S/C22H20N4O2S/c1-14-12-21(24-15(2)16-8-10-17(11-9-16)29(3,27)28)26-20-7-5-4-6-19(20)25-22(26)18(14)13-23/h4-12,15,24H,1-3H3/t15-/m1/s1. The van der Waals surface area contributed by atoms with Crippen molar-refractivity contribution in [3.8, 4) is 6.07 Å². The van der Waals surface area contributed by atoms with Crippen LogP contribution in [0, 0.1) is 18.3 Å². The van der Waals surface area contributed by atoms with Crippen molar-refractivity contribution in [2.24, 2.45) is 0 Å². The van der Waals surface area contributed by atoms with Gasteiger partial charge in [-0.2, -0.15) is 5.26 Å². The van der Waals surface area contributed by atoms with Gasteiger partial charge in [-0.1, -0.05) is 24.3 Å². The molecule has 1 atom stereocenters. The summed E-state index contributed by atoms with van der Waals surface area (Å²) in [6, 6.07) is 18.8. The molecule has 0 aliphatic heterocycles. The summed E-state index contributed by atoms with van der Waals surface area (Å²) in [4.78, 5) is 4.96. The van der Waals surface area contributed by atoms with Gasteiger partial charge in [0.2, 0.25) is 0 Å². The molecule has 0 amide bonds. The molecule has 7 heteroatoms. The molecule has 0 unspecified atom stereocenters. The molecule has 29 heavy (non-hydrogen) atoms. The number of pyridine rings is 1. The van der Waals surface area contributed by atoms with E-state index in [4.69, 9.17) is 0 Å². The van der Waals surface area contributed by atoms with Crippen molar-refractivity contribution in [2.75, 3.05) is 11.6 Å². The lowest BCUT2D eigenvalue weighted by Gasteiger charge is -2.19. The first-order valence-corrected chi connectivity index (χ1v) is 11.1. The smallest absolute Gasteiger partial charge is 0.175 e. The highest BCUT2D eigenvalue weighted by atomic mass is 32.2. The van der Waals surface area contributed by atoms with Gasteiger partial charge in [0.15, 0.2) is 15.5 Å². The van der Waals surface area contributed by atoms with Crippen LogP contribution in [0.4, 0.5) is 5.82 Å². The number of aryl methyl sites for hydroxylation is 1. The van der Waals surface area contributed by atoms with E-state index in [9.17, 15) is 13.7 Å². The van der Waals surface area contributed by atoms with Crippen LogP contribution in [-0.2, 0) is 9.84 Å². The van der Waals surface area contributed by atoms with Crippen LogP contribution in [0.5, 0.6) is 0 Å². The van der Waals surface area contributed by atoms with Crippen molar-refractivity contribution in [2.45, 2.75) is 24.8 Å². The first kappa shape index (κ1) is 19.0. The molecule has 1 N–H and O–H groups in total. The van der Waals surface area contributed by atoms with Crippen molar-refractivity contribution < 1.29 is 8.42 Å². The van der Waals surface area contributed by atoms with E-state index in [1.807, 2.05) is 60.7 Å². The third-order valence-corrected chi connectivity index (χ3v) is 6.19. The number of sulfone groups is 1. The highest BCUT2D eigenvalue weighted by Gasteiger charge is 2.17. The molecule has 2 heterocycles. The average Bonchev–Trinajstić information content (AvgIpc) is 3.07. The molecule has 0 aliphatic carbocycles. The molecule has 0 radical (unpaired) electrons. The van der Waals surface area contributed by atoms with E-state index in [2.05, 4.69) is 16.4 Å². The van der Waals surface area contributed by atoms with Crippen LogP contribution >= 0.6 is 0 Å². The van der Waals surface area contributed by atoms with Crippen LogP contribution in [0.1, 0.15) is 29.7 Å². The summed E-state index contributed by atoms with van der Waals surface area (Å²) in [6.45, 7) is 3.91. The fourth-order valence-corrected chi connectivity index (χ4v) is 4.14. The number of anilines is 1. The number of hydrogen-bond acceptors (Lipinski definition) is 5. The van der Waals surface area contributed by atoms with Crippen LogP contribution in [-0.4, -0.2) is 24.1 Å². The van der Waals surface area contributed by atoms with Gasteiger partial charge in [-0.05, 0) is 55.3 Å². The Kier molecular flexibility index (Phi) is 4.52. The molecular weight excluding hydrogens is 384 g/mol. The summed E-state index contributed by atoms with van der Waals surface area (Å²) < 4.78 is 25.3. The second kappa shape index (κ2) is 6.90. The Morgan fingerprint density at radius 2 is 1.83 bits per heavy atom. The Hall–Kier alpha value is -3.37. The highest BCUT2D eigenvalue weighted by Crippen LogP contribution is 2.29. The summed E-state index contributed by atoms with van der Waals surface area (Å²) in [5.41, 5.74) is 4.71. The zero-order chi connectivity index (χ0) is 20.8. The van der Waals surface area contributed by atoms with Gasteiger partial charge in [-0.3, -0.25) is 4.40 Å². The van der Waals surface area contributed by atoms with Gasteiger partial charge in [-0.15, -0.1) is 0 Å². The number of nitrogens with zero attached hydrogens (tertiary/aromatic N) is 3. The fourth-order valence-electron chi connectivity index (χ4n) is 3.51. The number of aromatic nitrogens is 2. The van der Waals surface area contributed by atoms with Gasteiger partial charge < -0.3 is 5.32 Å². The fraction of sp³-hybridized carbons (Fsp3) is 0.182. The van der Waals surface area contributed by atoms with E-state index in [-0.39, 0.29) is 6.04 Å². The Morgan fingerprint density at radius 1 is 1.14 bits per heavy atom. The topological polar surface area (TPSA) is 87.3 Å². The molecule has 146 valence electrons.